The molecule has 2 aromatic carbocycles. The summed E-state index contributed by atoms with van der Waals surface area (Å²) >= 11 is 1.86. The fourth-order valence-electron chi connectivity index (χ4n) is 3.25. The summed E-state index contributed by atoms with van der Waals surface area (Å²) in [4.78, 5) is 18.9. The van der Waals surface area contributed by atoms with Crippen LogP contribution in [-0.2, 0) is 16.5 Å². The van der Waals surface area contributed by atoms with Gasteiger partial charge >= 0.3 is 7.60 Å². The van der Waals surface area contributed by atoms with Crippen LogP contribution >= 0.6 is 19.4 Å². The van der Waals surface area contributed by atoms with Crippen LogP contribution in [-0.4, -0.2) is 28.2 Å². The third-order valence-electron chi connectivity index (χ3n) is 5.15. The second kappa shape index (κ2) is 12.0. The van der Waals surface area contributed by atoms with Crippen molar-refractivity contribution in [1.29, 1.82) is 0 Å². The largest absolute Gasteiger partial charge is 0.325 e. The van der Waals surface area contributed by atoms with Crippen LogP contribution in [0, 0.1) is 5.82 Å². The van der Waals surface area contributed by atoms with Gasteiger partial charge in [0.2, 0.25) is 0 Å². The summed E-state index contributed by atoms with van der Waals surface area (Å²) in [5.41, 5.74) is 2.40. The maximum atomic E-state index is 13.1. The monoisotopic (exact) mass is 453 g/mol. The molecule has 0 saturated heterocycles. The molecule has 2 rings (SSSR count). The lowest BCUT2D eigenvalue weighted by Crippen LogP contribution is -2.17. The first-order valence-corrected chi connectivity index (χ1v) is 13.2. The molecule has 4 nitrogen and oxygen atoms in total. The number of rotatable bonds is 13. The van der Waals surface area contributed by atoms with E-state index >= 15 is 0 Å². The van der Waals surface area contributed by atoms with Gasteiger partial charge in [0, 0.05) is 11.4 Å². The van der Waals surface area contributed by atoms with Crippen LogP contribution in [0.5, 0.6) is 0 Å². The van der Waals surface area contributed by atoms with Gasteiger partial charge in [-0.2, -0.15) is 0 Å². The second-order valence-corrected chi connectivity index (χ2v) is 11.2. The SMILES string of the molecule is CC(C)(CCCCSc1ccc(CNCCCP(=O)(O)O)cc1)c1ccc(F)cc1. The van der Waals surface area contributed by atoms with E-state index in [0.717, 1.165) is 30.6 Å². The summed E-state index contributed by atoms with van der Waals surface area (Å²) < 4.78 is 23.9. The molecule has 0 heterocycles. The van der Waals surface area contributed by atoms with Crippen molar-refractivity contribution < 1.29 is 18.7 Å². The zero-order valence-electron chi connectivity index (χ0n) is 17.8. The molecule has 0 bridgehead atoms. The van der Waals surface area contributed by atoms with Crippen molar-refractivity contribution >= 4 is 19.4 Å². The van der Waals surface area contributed by atoms with Crippen LogP contribution in [0.4, 0.5) is 4.39 Å². The summed E-state index contributed by atoms with van der Waals surface area (Å²) in [6.45, 7) is 5.72. The molecule has 7 heteroatoms. The van der Waals surface area contributed by atoms with Crippen LogP contribution in [0.25, 0.3) is 0 Å². The predicted molar refractivity (Wildman–Crippen MR) is 124 cm³/mol. The van der Waals surface area contributed by atoms with E-state index in [2.05, 4.69) is 43.4 Å². The summed E-state index contributed by atoms with van der Waals surface area (Å²) in [6, 6.07) is 15.3. The fourth-order valence-corrected chi connectivity index (χ4v) is 4.73. The Balaban J connectivity index is 1.62. The lowest BCUT2D eigenvalue weighted by Gasteiger charge is -2.25. The van der Waals surface area contributed by atoms with Gasteiger partial charge in [0.25, 0.3) is 0 Å². The zero-order chi connectivity index (χ0) is 22.0. The zero-order valence-corrected chi connectivity index (χ0v) is 19.5. The van der Waals surface area contributed by atoms with E-state index < -0.39 is 7.60 Å². The molecule has 166 valence electrons. The second-order valence-electron chi connectivity index (χ2n) is 8.26. The van der Waals surface area contributed by atoms with Crippen LogP contribution in [0.1, 0.15) is 50.7 Å². The highest BCUT2D eigenvalue weighted by Gasteiger charge is 2.19. The number of unbranched alkanes of at least 4 members (excludes halogenated alkanes) is 1. The van der Waals surface area contributed by atoms with Gasteiger partial charge in [-0.1, -0.05) is 44.5 Å². The van der Waals surface area contributed by atoms with Crippen molar-refractivity contribution in [2.45, 2.75) is 56.4 Å². The van der Waals surface area contributed by atoms with E-state index in [1.165, 1.54) is 22.6 Å². The molecule has 0 aliphatic heterocycles. The van der Waals surface area contributed by atoms with Gasteiger partial charge in [0.15, 0.2) is 0 Å². The predicted octanol–water partition coefficient (Wildman–Crippen LogP) is 5.72. The van der Waals surface area contributed by atoms with Gasteiger partial charge in [-0.25, -0.2) is 4.39 Å². The molecule has 0 unspecified atom stereocenters. The van der Waals surface area contributed by atoms with Gasteiger partial charge in [0.1, 0.15) is 5.82 Å². The summed E-state index contributed by atoms with van der Waals surface area (Å²) in [5, 5.41) is 3.21. The molecule has 0 spiro atoms. The van der Waals surface area contributed by atoms with Crippen LogP contribution < -0.4 is 5.32 Å². The molecule has 0 aromatic heterocycles. The van der Waals surface area contributed by atoms with Crippen molar-refractivity contribution in [3.05, 3.63) is 65.5 Å². The van der Waals surface area contributed by atoms with Crippen LogP contribution in [0.2, 0.25) is 0 Å². The number of hydrogen-bond donors (Lipinski definition) is 3. The third kappa shape index (κ3) is 9.76. The minimum Gasteiger partial charge on any atom is -0.324 e. The molecular formula is C23H33FNO3PS. The minimum absolute atomic E-state index is 0.0539. The first-order chi connectivity index (χ1) is 14.2. The number of halogens is 1. The Kier molecular flexibility index (Phi) is 10.1. The number of hydrogen-bond acceptors (Lipinski definition) is 3. The van der Waals surface area contributed by atoms with E-state index in [-0.39, 0.29) is 17.4 Å². The molecule has 0 saturated carbocycles. The average molecular weight is 454 g/mol. The highest BCUT2D eigenvalue weighted by Crippen LogP contribution is 2.34. The Morgan fingerprint density at radius 2 is 1.67 bits per heavy atom. The minimum atomic E-state index is -3.88. The van der Waals surface area contributed by atoms with Crippen LogP contribution in [0.3, 0.4) is 0 Å². The van der Waals surface area contributed by atoms with Crippen molar-refractivity contribution in [1.82, 2.24) is 5.32 Å². The van der Waals surface area contributed by atoms with E-state index in [9.17, 15) is 8.96 Å². The molecular weight excluding hydrogens is 420 g/mol. The van der Waals surface area contributed by atoms with Gasteiger partial charge < -0.3 is 15.1 Å². The molecule has 3 N–H and O–H groups in total. The van der Waals surface area contributed by atoms with E-state index in [1.54, 1.807) is 0 Å². The highest BCUT2D eigenvalue weighted by molar-refractivity contribution is 7.99. The van der Waals surface area contributed by atoms with Crippen molar-refractivity contribution in [3.8, 4) is 0 Å². The molecule has 30 heavy (non-hydrogen) atoms. The lowest BCUT2D eigenvalue weighted by molar-refractivity contribution is 0.371. The maximum absolute atomic E-state index is 13.1. The third-order valence-corrected chi connectivity index (χ3v) is 7.14. The molecule has 0 radical (unpaired) electrons. The Bertz CT molecular complexity index is 806. The molecule has 2 aromatic rings. The first-order valence-electron chi connectivity index (χ1n) is 10.4. The number of thioether (sulfide) groups is 1. The topological polar surface area (TPSA) is 69.6 Å². The summed E-state index contributed by atoms with van der Waals surface area (Å²) in [6.07, 6.45) is 3.74. The van der Waals surface area contributed by atoms with Gasteiger partial charge in [-0.05, 0) is 72.4 Å². The van der Waals surface area contributed by atoms with E-state index in [4.69, 9.17) is 9.79 Å². The molecule has 0 atom stereocenters. The summed E-state index contributed by atoms with van der Waals surface area (Å²) in [5.74, 6) is 0.882. The Morgan fingerprint density at radius 3 is 2.30 bits per heavy atom. The first kappa shape index (κ1) is 25.1. The van der Waals surface area contributed by atoms with Crippen molar-refractivity contribution in [3.63, 3.8) is 0 Å². The van der Waals surface area contributed by atoms with Gasteiger partial charge in [0.05, 0.1) is 6.16 Å². The Hall–Kier alpha value is -1.17. The fraction of sp³-hybridized carbons (Fsp3) is 0.478. The highest BCUT2D eigenvalue weighted by atomic mass is 32.2. The van der Waals surface area contributed by atoms with Gasteiger partial charge in [-0.3, -0.25) is 4.57 Å². The number of benzene rings is 2. The van der Waals surface area contributed by atoms with Crippen LogP contribution in [0.15, 0.2) is 53.4 Å². The van der Waals surface area contributed by atoms with E-state index in [1.807, 2.05) is 23.9 Å². The summed E-state index contributed by atoms with van der Waals surface area (Å²) in [7, 11) is -3.88. The standard InChI is InChI=1S/C23H33FNO3PS/c1-23(2,20-8-10-21(24)11-9-20)14-3-4-17-30-22-12-6-19(7-13-22)18-25-15-5-16-29(26,27)28/h6-13,25H,3-5,14-18H2,1-2H3,(H2,26,27,28). The quantitative estimate of drug-likeness (QED) is 0.205. The van der Waals surface area contributed by atoms with Crippen molar-refractivity contribution in [2.24, 2.45) is 0 Å². The Labute approximate surface area is 183 Å². The van der Waals surface area contributed by atoms with Crippen molar-refractivity contribution in [2.75, 3.05) is 18.5 Å². The molecule has 0 aliphatic carbocycles. The molecule has 0 aliphatic rings. The van der Waals surface area contributed by atoms with E-state index in [0.29, 0.717) is 19.5 Å². The van der Waals surface area contributed by atoms with Gasteiger partial charge in [-0.15, -0.1) is 11.8 Å². The normalized spacial score (nSPS) is 12.3. The average Bonchev–Trinajstić information content (AvgIpc) is 2.68. The number of nitrogens with one attached hydrogen (secondary N) is 1. The smallest absolute Gasteiger partial charge is 0.324 e. The Morgan fingerprint density at radius 1 is 1.00 bits per heavy atom. The lowest BCUT2D eigenvalue weighted by atomic mass is 9.80. The molecule has 0 amide bonds. The maximum Gasteiger partial charge on any atom is 0.325 e. The molecule has 0 fully saturated rings.